The summed E-state index contributed by atoms with van der Waals surface area (Å²) in [4.78, 5) is 22.1. The van der Waals surface area contributed by atoms with Gasteiger partial charge in [-0.05, 0) is 42.5 Å². The first kappa shape index (κ1) is 21.7. The molecule has 0 bridgehead atoms. The van der Waals surface area contributed by atoms with Crippen LogP contribution in [0.2, 0.25) is 0 Å². The summed E-state index contributed by atoms with van der Waals surface area (Å²) >= 11 is 0. The second kappa shape index (κ2) is 8.34. The Kier molecular flexibility index (Phi) is 5.33. The lowest BCUT2D eigenvalue weighted by atomic mass is 10.1. The number of alkyl halides is 3. The van der Waals surface area contributed by atoms with Crippen LogP contribution in [0.4, 0.5) is 19.0 Å². The number of methoxy groups -OCH3 is 1. The predicted octanol–water partition coefficient (Wildman–Crippen LogP) is 3.44. The summed E-state index contributed by atoms with van der Waals surface area (Å²) in [6, 6.07) is 12.1. The minimum Gasteiger partial charge on any atom is -0.497 e. The minimum atomic E-state index is -4.40. The molecule has 0 amide bonds. The predicted molar refractivity (Wildman–Crippen MR) is 122 cm³/mol. The highest BCUT2D eigenvalue weighted by atomic mass is 19.4. The number of nitrogens with zero attached hydrogens (tertiary/aromatic N) is 4. The smallest absolute Gasteiger partial charge is 0.401 e. The molecule has 2 N–H and O–H groups in total. The number of aliphatic imine (C=N–C) groups is 1. The van der Waals surface area contributed by atoms with Crippen molar-refractivity contribution < 1.29 is 17.9 Å². The molecule has 0 aliphatic carbocycles. The molecule has 0 radical (unpaired) electrons. The lowest BCUT2D eigenvalue weighted by molar-refractivity contribution is -0.125. The van der Waals surface area contributed by atoms with E-state index in [2.05, 4.69) is 20.6 Å². The first-order valence-electron chi connectivity index (χ1n) is 10.3. The number of hydrogen-bond acceptors (Lipinski definition) is 6. The zero-order chi connectivity index (χ0) is 23.9. The lowest BCUT2D eigenvalue weighted by Gasteiger charge is -2.26. The third-order valence-electron chi connectivity index (χ3n) is 5.39. The van der Waals surface area contributed by atoms with E-state index in [1.165, 1.54) is 17.9 Å². The standard InChI is InChI=1S/C23H19F3N6O2/c1-34-17-5-3-16(4-6-17)32-20-15(11-28-22(30-20)29-13-23(24,25)26)10-18(21(32)33)14-2-7-19-27-8-9-31(19)12-14/h2-12,22,29-30H,13H2,1H3. The highest BCUT2D eigenvalue weighted by Crippen LogP contribution is 2.27. The van der Waals surface area contributed by atoms with Crippen molar-refractivity contribution in [2.45, 2.75) is 12.5 Å². The van der Waals surface area contributed by atoms with Gasteiger partial charge in [-0.3, -0.25) is 19.7 Å². The van der Waals surface area contributed by atoms with Crippen LogP contribution in [0.5, 0.6) is 5.75 Å². The lowest BCUT2D eigenvalue weighted by Crippen LogP contribution is -2.43. The number of benzene rings is 1. The van der Waals surface area contributed by atoms with Crippen LogP contribution in [0.1, 0.15) is 5.56 Å². The zero-order valence-electron chi connectivity index (χ0n) is 17.9. The molecule has 34 heavy (non-hydrogen) atoms. The number of rotatable bonds is 5. The van der Waals surface area contributed by atoms with Gasteiger partial charge in [0, 0.05) is 41.5 Å². The molecule has 0 spiro atoms. The largest absolute Gasteiger partial charge is 0.497 e. The number of fused-ring (bicyclic) bond motifs is 2. The van der Waals surface area contributed by atoms with Crippen LogP contribution in [0.3, 0.4) is 0 Å². The third-order valence-corrected chi connectivity index (χ3v) is 5.39. The Morgan fingerprint density at radius 3 is 2.71 bits per heavy atom. The summed E-state index contributed by atoms with van der Waals surface area (Å²) < 4.78 is 46.5. The molecule has 1 aromatic carbocycles. The highest BCUT2D eigenvalue weighted by Gasteiger charge is 2.29. The number of anilines is 1. The van der Waals surface area contributed by atoms with Crippen LogP contribution in [-0.4, -0.2) is 46.3 Å². The molecule has 1 aliphatic rings. The maximum atomic E-state index is 13.7. The summed E-state index contributed by atoms with van der Waals surface area (Å²) in [6.07, 6.45) is 1.24. The molecule has 1 aliphatic heterocycles. The van der Waals surface area contributed by atoms with Crippen molar-refractivity contribution in [3.63, 3.8) is 0 Å². The van der Waals surface area contributed by atoms with Crippen LogP contribution in [-0.2, 0) is 0 Å². The summed E-state index contributed by atoms with van der Waals surface area (Å²) in [5.41, 5.74) is 2.53. The van der Waals surface area contributed by atoms with E-state index in [9.17, 15) is 18.0 Å². The van der Waals surface area contributed by atoms with Gasteiger partial charge in [0.1, 0.15) is 17.2 Å². The van der Waals surface area contributed by atoms with Crippen molar-refractivity contribution in [2.75, 3.05) is 19.0 Å². The molecule has 3 aromatic heterocycles. The topological polar surface area (TPSA) is 85.0 Å². The summed E-state index contributed by atoms with van der Waals surface area (Å²) in [5.74, 6) is 0.934. The fourth-order valence-electron chi connectivity index (χ4n) is 3.78. The molecule has 8 nitrogen and oxygen atoms in total. The second-order valence-corrected chi connectivity index (χ2v) is 7.63. The van der Waals surface area contributed by atoms with Gasteiger partial charge in [-0.15, -0.1) is 0 Å². The molecule has 4 aromatic rings. The van der Waals surface area contributed by atoms with E-state index in [0.717, 1.165) is 5.65 Å². The fraction of sp³-hybridized carbons (Fsp3) is 0.174. The molecule has 0 saturated heterocycles. The van der Waals surface area contributed by atoms with Crippen molar-refractivity contribution >= 4 is 17.7 Å². The van der Waals surface area contributed by atoms with Crippen molar-refractivity contribution in [3.8, 4) is 22.6 Å². The minimum absolute atomic E-state index is 0.331. The highest BCUT2D eigenvalue weighted by molar-refractivity contribution is 5.91. The van der Waals surface area contributed by atoms with Crippen molar-refractivity contribution in [1.29, 1.82) is 0 Å². The van der Waals surface area contributed by atoms with Crippen molar-refractivity contribution in [1.82, 2.24) is 19.3 Å². The number of nitrogens with one attached hydrogen (secondary N) is 2. The third kappa shape index (κ3) is 4.13. The fourth-order valence-corrected chi connectivity index (χ4v) is 3.78. The number of aromatic nitrogens is 3. The van der Waals surface area contributed by atoms with Gasteiger partial charge in [0.25, 0.3) is 5.56 Å². The first-order valence-corrected chi connectivity index (χ1v) is 10.3. The van der Waals surface area contributed by atoms with Crippen molar-refractivity contribution in [3.05, 3.63) is 77.0 Å². The number of pyridine rings is 2. The average Bonchev–Trinajstić information content (AvgIpc) is 3.30. The Morgan fingerprint density at radius 2 is 1.97 bits per heavy atom. The van der Waals surface area contributed by atoms with Crippen LogP contribution in [0.25, 0.3) is 22.5 Å². The Balaban J connectivity index is 1.64. The van der Waals surface area contributed by atoms with Crippen molar-refractivity contribution in [2.24, 2.45) is 4.99 Å². The van der Waals surface area contributed by atoms with E-state index in [4.69, 9.17) is 4.74 Å². The van der Waals surface area contributed by atoms with Gasteiger partial charge in [-0.25, -0.2) is 4.98 Å². The summed E-state index contributed by atoms with van der Waals surface area (Å²) in [5, 5.41) is 5.22. The molecule has 174 valence electrons. The van der Waals surface area contributed by atoms with Gasteiger partial charge >= 0.3 is 6.18 Å². The molecule has 1 atom stereocenters. The maximum absolute atomic E-state index is 13.7. The van der Waals surface area contributed by atoms with E-state index in [0.29, 0.717) is 33.9 Å². The number of halogens is 3. The van der Waals surface area contributed by atoms with Crippen LogP contribution in [0.15, 0.2) is 70.8 Å². The van der Waals surface area contributed by atoms with Gasteiger partial charge < -0.3 is 14.5 Å². The van der Waals surface area contributed by atoms with E-state index < -0.39 is 19.0 Å². The summed E-state index contributed by atoms with van der Waals surface area (Å²) in [7, 11) is 1.53. The Hall–Kier alpha value is -4.12. The van der Waals surface area contributed by atoms with Gasteiger partial charge in [-0.1, -0.05) is 0 Å². The van der Waals surface area contributed by atoms with Gasteiger partial charge in [0.2, 0.25) is 0 Å². The van der Waals surface area contributed by atoms with Gasteiger partial charge in [0.05, 0.1) is 19.3 Å². The van der Waals surface area contributed by atoms with E-state index in [1.54, 1.807) is 65.5 Å². The van der Waals surface area contributed by atoms with E-state index in [-0.39, 0.29) is 5.56 Å². The van der Waals surface area contributed by atoms with E-state index >= 15 is 0 Å². The zero-order valence-corrected chi connectivity index (χ0v) is 17.9. The monoisotopic (exact) mass is 468 g/mol. The van der Waals surface area contributed by atoms with Crippen LogP contribution in [0, 0.1) is 0 Å². The average molecular weight is 468 g/mol. The Morgan fingerprint density at radius 1 is 1.18 bits per heavy atom. The molecular weight excluding hydrogens is 449 g/mol. The summed E-state index contributed by atoms with van der Waals surface area (Å²) in [6.45, 7) is -1.23. The molecule has 0 fully saturated rings. The number of hydrogen-bond donors (Lipinski definition) is 2. The molecule has 11 heteroatoms. The molecule has 4 heterocycles. The van der Waals surface area contributed by atoms with Gasteiger partial charge in [-0.2, -0.15) is 13.2 Å². The molecule has 0 saturated carbocycles. The van der Waals surface area contributed by atoms with Crippen LogP contribution < -0.4 is 20.9 Å². The van der Waals surface area contributed by atoms with Crippen LogP contribution >= 0.6 is 0 Å². The van der Waals surface area contributed by atoms with Gasteiger partial charge in [0.15, 0.2) is 6.29 Å². The Bertz CT molecular complexity index is 1440. The number of imidazole rings is 1. The second-order valence-electron chi connectivity index (χ2n) is 7.63. The quantitative estimate of drug-likeness (QED) is 0.469. The first-order chi connectivity index (χ1) is 16.3. The Labute approximate surface area is 191 Å². The SMILES string of the molecule is COc1ccc(-n2c3c(cc(-c4ccc5nccn5c4)c2=O)C=NC(NCC(F)(F)F)N3)cc1. The number of ether oxygens (including phenoxy) is 1. The maximum Gasteiger partial charge on any atom is 0.401 e. The molecular formula is C23H19F3N6O2. The van der Waals surface area contributed by atoms with E-state index in [1.807, 2.05) is 0 Å². The molecule has 1 unspecified atom stereocenters. The molecule has 5 rings (SSSR count). The normalized spacial score (nSPS) is 15.2.